The number of ether oxygens (including phenoxy) is 1. The first-order chi connectivity index (χ1) is 12.1. The van der Waals surface area contributed by atoms with E-state index in [0.29, 0.717) is 25.9 Å². The standard InChI is InChI=1S/C17H27N5O3/c1-3-14(17(24)18-5-7-20-8-10-25-11-9-20)22-15-12-13(2)19-21(15)6-4-16(22)23/h12,14H,3-11H2,1-2H3,(H,18,24)/t14-/m1/s1. The summed E-state index contributed by atoms with van der Waals surface area (Å²) in [6, 6.07) is 1.38. The molecule has 0 unspecified atom stereocenters. The zero-order valence-electron chi connectivity index (χ0n) is 15.0. The third-order valence-electron chi connectivity index (χ3n) is 4.77. The molecule has 8 nitrogen and oxygen atoms in total. The fourth-order valence-electron chi connectivity index (χ4n) is 3.44. The second-order valence-corrected chi connectivity index (χ2v) is 6.55. The van der Waals surface area contributed by atoms with Crippen molar-refractivity contribution in [3.05, 3.63) is 11.8 Å². The van der Waals surface area contributed by atoms with Crippen LogP contribution < -0.4 is 10.2 Å². The highest BCUT2D eigenvalue weighted by Gasteiger charge is 2.34. The molecule has 25 heavy (non-hydrogen) atoms. The van der Waals surface area contributed by atoms with Crippen molar-refractivity contribution in [2.24, 2.45) is 0 Å². The molecule has 0 radical (unpaired) electrons. The molecule has 0 bridgehead atoms. The van der Waals surface area contributed by atoms with E-state index in [1.165, 1.54) is 0 Å². The predicted molar refractivity (Wildman–Crippen MR) is 93.4 cm³/mol. The van der Waals surface area contributed by atoms with Crippen LogP contribution in [0.3, 0.4) is 0 Å². The summed E-state index contributed by atoms with van der Waals surface area (Å²) in [4.78, 5) is 29.1. The first kappa shape index (κ1) is 17.9. The van der Waals surface area contributed by atoms with Crippen molar-refractivity contribution in [1.82, 2.24) is 20.0 Å². The van der Waals surface area contributed by atoms with Crippen molar-refractivity contribution < 1.29 is 14.3 Å². The van der Waals surface area contributed by atoms with Gasteiger partial charge in [0.05, 0.1) is 25.5 Å². The van der Waals surface area contributed by atoms with E-state index in [9.17, 15) is 9.59 Å². The molecule has 1 atom stereocenters. The van der Waals surface area contributed by atoms with E-state index in [4.69, 9.17) is 4.74 Å². The molecular weight excluding hydrogens is 322 g/mol. The number of nitrogens with one attached hydrogen (secondary N) is 1. The highest BCUT2D eigenvalue weighted by molar-refractivity contribution is 6.00. The summed E-state index contributed by atoms with van der Waals surface area (Å²) >= 11 is 0. The maximum Gasteiger partial charge on any atom is 0.243 e. The maximum absolute atomic E-state index is 12.7. The van der Waals surface area contributed by atoms with Crippen LogP contribution >= 0.6 is 0 Å². The fourth-order valence-corrected chi connectivity index (χ4v) is 3.44. The summed E-state index contributed by atoms with van der Waals surface area (Å²) in [5, 5.41) is 7.40. The van der Waals surface area contributed by atoms with Crippen LogP contribution in [0.25, 0.3) is 0 Å². The van der Waals surface area contributed by atoms with Gasteiger partial charge < -0.3 is 10.1 Å². The Morgan fingerprint density at radius 2 is 2.12 bits per heavy atom. The van der Waals surface area contributed by atoms with Crippen molar-refractivity contribution in [2.45, 2.75) is 39.3 Å². The lowest BCUT2D eigenvalue weighted by Crippen LogP contribution is -2.53. The summed E-state index contributed by atoms with van der Waals surface area (Å²) in [7, 11) is 0. The number of nitrogens with zero attached hydrogens (tertiary/aromatic N) is 4. The number of carbonyl (C=O) groups is 2. The van der Waals surface area contributed by atoms with E-state index >= 15 is 0 Å². The number of hydrogen-bond acceptors (Lipinski definition) is 5. The molecule has 0 saturated carbocycles. The van der Waals surface area contributed by atoms with Gasteiger partial charge in [0.2, 0.25) is 11.8 Å². The Bertz CT molecular complexity index is 624. The quantitative estimate of drug-likeness (QED) is 0.791. The lowest BCUT2D eigenvalue weighted by molar-refractivity contribution is -0.127. The third-order valence-corrected chi connectivity index (χ3v) is 4.77. The molecule has 1 fully saturated rings. The van der Waals surface area contributed by atoms with Crippen LogP contribution in [-0.2, 0) is 20.9 Å². The van der Waals surface area contributed by atoms with Crippen molar-refractivity contribution >= 4 is 17.6 Å². The molecule has 2 aliphatic rings. The molecule has 3 heterocycles. The molecule has 0 spiro atoms. The number of fused-ring (bicyclic) bond motifs is 1. The summed E-state index contributed by atoms with van der Waals surface area (Å²) in [6.45, 7) is 9.08. The molecule has 2 aliphatic heterocycles. The van der Waals surface area contributed by atoms with Gasteiger partial charge in [0.1, 0.15) is 11.9 Å². The van der Waals surface area contributed by atoms with E-state index in [2.05, 4.69) is 15.3 Å². The van der Waals surface area contributed by atoms with E-state index in [0.717, 1.165) is 44.4 Å². The van der Waals surface area contributed by atoms with Crippen LogP contribution in [0.1, 0.15) is 25.5 Å². The molecule has 138 valence electrons. The number of rotatable bonds is 6. The molecule has 0 aliphatic carbocycles. The van der Waals surface area contributed by atoms with Gasteiger partial charge in [-0.3, -0.25) is 19.4 Å². The molecule has 3 rings (SSSR count). The second-order valence-electron chi connectivity index (χ2n) is 6.55. The van der Waals surface area contributed by atoms with Crippen molar-refractivity contribution in [3.8, 4) is 0 Å². The Labute approximate surface area is 148 Å². The Hall–Kier alpha value is -1.93. The zero-order chi connectivity index (χ0) is 17.8. The number of anilines is 1. The van der Waals surface area contributed by atoms with Gasteiger partial charge in [-0.05, 0) is 13.3 Å². The smallest absolute Gasteiger partial charge is 0.243 e. The molecule has 1 aromatic rings. The highest BCUT2D eigenvalue weighted by atomic mass is 16.5. The maximum atomic E-state index is 12.7. The zero-order valence-corrected chi connectivity index (χ0v) is 15.0. The van der Waals surface area contributed by atoms with E-state index in [-0.39, 0.29) is 11.8 Å². The van der Waals surface area contributed by atoms with Crippen LogP contribution in [0.5, 0.6) is 0 Å². The van der Waals surface area contributed by atoms with Crippen molar-refractivity contribution in [2.75, 3.05) is 44.3 Å². The normalized spacial score (nSPS) is 19.6. The summed E-state index contributed by atoms with van der Waals surface area (Å²) in [5.41, 5.74) is 0.859. The molecule has 8 heteroatoms. The first-order valence-electron chi connectivity index (χ1n) is 9.04. The molecule has 1 saturated heterocycles. The van der Waals surface area contributed by atoms with Crippen LogP contribution in [0.2, 0.25) is 0 Å². The predicted octanol–water partition coefficient (Wildman–Crippen LogP) is 0.155. The summed E-state index contributed by atoms with van der Waals surface area (Å²) in [5.74, 6) is 0.614. The van der Waals surface area contributed by atoms with Gasteiger partial charge in [0.25, 0.3) is 0 Å². The Balaban J connectivity index is 1.62. The average Bonchev–Trinajstić information content (AvgIpc) is 2.99. The lowest BCUT2D eigenvalue weighted by Gasteiger charge is -2.33. The van der Waals surface area contributed by atoms with Crippen molar-refractivity contribution in [1.29, 1.82) is 0 Å². The van der Waals surface area contributed by atoms with Crippen LogP contribution in [0.4, 0.5) is 5.82 Å². The molecule has 0 aromatic carbocycles. The number of morpholine rings is 1. The van der Waals surface area contributed by atoms with Gasteiger partial charge in [0.15, 0.2) is 0 Å². The van der Waals surface area contributed by atoms with Crippen molar-refractivity contribution in [3.63, 3.8) is 0 Å². The van der Waals surface area contributed by atoms with E-state index < -0.39 is 6.04 Å². The van der Waals surface area contributed by atoms with Crippen LogP contribution in [-0.4, -0.2) is 71.9 Å². The topological polar surface area (TPSA) is 79.7 Å². The fraction of sp³-hybridized carbons (Fsp3) is 0.706. The number of amides is 2. The number of aromatic nitrogens is 2. The second kappa shape index (κ2) is 7.97. The van der Waals surface area contributed by atoms with E-state index in [1.54, 1.807) is 4.90 Å². The Morgan fingerprint density at radius 1 is 1.36 bits per heavy atom. The largest absolute Gasteiger partial charge is 0.379 e. The summed E-state index contributed by atoms with van der Waals surface area (Å²) in [6.07, 6.45) is 0.949. The van der Waals surface area contributed by atoms with Gasteiger partial charge in [-0.15, -0.1) is 0 Å². The third kappa shape index (κ3) is 4.01. The first-order valence-corrected chi connectivity index (χ1v) is 9.04. The minimum atomic E-state index is -0.493. The number of hydrogen-bond donors (Lipinski definition) is 1. The number of aryl methyl sites for hydroxylation is 2. The minimum Gasteiger partial charge on any atom is -0.379 e. The van der Waals surface area contributed by atoms with Crippen LogP contribution in [0.15, 0.2) is 6.07 Å². The van der Waals surface area contributed by atoms with Gasteiger partial charge in [0, 0.05) is 38.7 Å². The van der Waals surface area contributed by atoms with Gasteiger partial charge in [-0.1, -0.05) is 6.92 Å². The molecule has 1 aromatic heterocycles. The van der Waals surface area contributed by atoms with E-state index in [1.807, 2.05) is 24.6 Å². The molecular formula is C17H27N5O3. The van der Waals surface area contributed by atoms with Gasteiger partial charge in [-0.2, -0.15) is 5.10 Å². The minimum absolute atomic E-state index is 0.0115. The summed E-state index contributed by atoms with van der Waals surface area (Å²) < 4.78 is 7.15. The molecule has 1 N–H and O–H groups in total. The molecule has 2 amide bonds. The van der Waals surface area contributed by atoms with Gasteiger partial charge in [-0.25, -0.2) is 4.68 Å². The average molecular weight is 349 g/mol. The number of carbonyl (C=O) groups excluding carboxylic acids is 2. The highest BCUT2D eigenvalue weighted by Crippen LogP contribution is 2.25. The lowest BCUT2D eigenvalue weighted by atomic mass is 10.1. The Kier molecular flexibility index (Phi) is 5.70. The Morgan fingerprint density at radius 3 is 2.84 bits per heavy atom. The van der Waals surface area contributed by atoms with Gasteiger partial charge >= 0.3 is 0 Å². The SMILES string of the molecule is CC[C@H](C(=O)NCCN1CCOCC1)N1C(=O)CCn2nc(C)cc21. The van der Waals surface area contributed by atoms with Crippen LogP contribution in [0, 0.1) is 6.92 Å². The monoisotopic (exact) mass is 349 g/mol.